The molecule has 2 aromatic heterocycles. The maximum absolute atomic E-state index is 14.7. The van der Waals surface area contributed by atoms with Crippen molar-refractivity contribution in [1.82, 2.24) is 24.8 Å². The summed E-state index contributed by atoms with van der Waals surface area (Å²) >= 11 is 0. The quantitative estimate of drug-likeness (QED) is 0.558. The van der Waals surface area contributed by atoms with E-state index in [2.05, 4.69) is 10.1 Å². The van der Waals surface area contributed by atoms with E-state index in [0.717, 1.165) is 20.0 Å². The van der Waals surface area contributed by atoms with E-state index < -0.39 is 62.0 Å². The van der Waals surface area contributed by atoms with Crippen LogP contribution in [0.15, 0.2) is 18.5 Å². The van der Waals surface area contributed by atoms with Gasteiger partial charge in [0.25, 0.3) is 5.92 Å². The molecule has 3 rings (SSSR count). The lowest BCUT2D eigenvalue weighted by molar-refractivity contribution is -0.264. The van der Waals surface area contributed by atoms with Gasteiger partial charge >= 0.3 is 12.2 Å². The zero-order chi connectivity index (χ0) is 28.2. The lowest BCUT2D eigenvalue weighted by Gasteiger charge is -2.38. The van der Waals surface area contributed by atoms with Gasteiger partial charge in [-0.3, -0.25) is 0 Å². The number of hydrogen-bond donors (Lipinski definition) is 2. The Morgan fingerprint density at radius 1 is 1.36 bits per heavy atom. The second-order valence-corrected chi connectivity index (χ2v) is 7.77. The van der Waals surface area contributed by atoms with E-state index in [4.69, 9.17) is 20.7 Å². The van der Waals surface area contributed by atoms with Crippen molar-refractivity contribution < 1.29 is 41.7 Å². The standard InChI is InChI=1S/C19H25F5N6O3/c1-17(2,19(22,23)24)33-7-12(25)13-6-30-15(28-13)4-11(5-27-30)14(8-32-3)29-10-18(20,21)9-26-16(29)31/h4-6,12,14H,7-10,25H2,1-3H3,(H,26,31)/t12-,14+/m0/s1/i9D2,10D2. The maximum Gasteiger partial charge on any atom is 0.416 e. The molecule has 9 nitrogen and oxygen atoms in total. The van der Waals surface area contributed by atoms with Gasteiger partial charge in [0.1, 0.15) is 0 Å². The summed E-state index contributed by atoms with van der Waals surface area (Å²) in [7, 11) is 1.18. The van der Waals surface area contributed by atoms with Crippen LogP contribution in [0, 0.1) is 0 Å². The Morgan fingerprint density at radius 2 is 2.06 bits per heavy atom. The van der Waals surface area contributed by atoms with E-state index in [1.807, 2.05) is 0 Å². The van der Waals surface area contributed by atoms with Crippen molar-refractivity contribution in [1.29, 1.82) is 0 Å². The summed E-state index contributed by atoms with van der Waals surface area (Å²) < 4.78 is 110. The number of nitrogens with one attached hydrogen (secondary N) is 1. The summed E-state index contributed by atoms with van der Waals surface area (Å²) in [4.78, 5) is 16.9. The van der Waals surface area contributed by atoms with Gasteiger partial charge in [-0.05, 0) is 19.9 Å². The SMILES string of the molecule is [2H]C1([2H])NC(=O)N([C@H](COC)c2cnn3cc([C@@H](N)COC(C)(C)C(F)(F)F)nc3c2)C([2H])([2H])C1(F)F. The number of rotatable bonds is 8. The lowest BCUT2D eigenvalue weighted by Crippen LogP contribution is -2.58. The largest absolute Gasteiger partial charge is 0.416 e. The van der Waals surface area contributed by atoms with Gasteiger partial charge < -0.3 is 25.4 Å². The van der Waals surface area contributed by atoms with Gasteiger partial charge in [-0.2, -0.15) is 18.3 Å². The molecule has 2 amide bonds. The molecule has 14 heteroatoms. The molecule has 0 bridgehead atoms. The molecule has 0 aliphatic carbocycles. The molecular formula is C19H25F5N6O3. The fourth-order valence-corrected chi connectivity index (χ4v) is 2.86. The molecule has 0 aromatic carbocycles. The van der Waals surface area contributed by atoms with Crippen molar-refractivity contribution in [2.45, 2.75) is 43.6 Å². The summed E-state index contributed by atoms with van der Waals surface area (Å²) in [6, 6.07) is -2.76. The predicted octanol–water partition coefficient (Wildman–Crippen LogP) is 2.43. The highest BCUT2D eigenvalue weighted by atomic mass is 19.4. The van der Waals surface area contributed by atoms with Crippen LogP contribution < -0.4 is 11.1 Å². The second kappa shape index (κ2) is 8.99. The highest BCUT2D eigenvalue weighted by Crippen LogP contribution is 2.33. The van der Waals surface area contributed by atoms with Crippen LogP contribution in [0.4, 0.5) is 26.7 Å². The number of alkyl halides is 5. The smallest absolute Gasteiger partial charge is 0.382 e. The van der Waals surface area contributed by atoms with Gasteiger partial charge in [-0.1, -0.05) is 0 Å². The molecule has 0 spiro atoms. The number of ether oxygens (including phenoxy) is 2. The number of halogens is 5. The zero-order valence-electron chi connectivity index (χ0n) is 21.8. The van der Waals surface area contributed by atoms with Crippen LogP contribution in [0.5, 0.6) is 0 Å². The summed E-state index contributed by atoms with van der Waals surface area (Å²) in [6.07, 6.45) is -2.20. The molecule has 2 aromatic rings. The van der Waals surface area contributed by atoms with Crippen LogP contribution in [0.3, 0.4) is 0 Å². The van der Waals surface area contributed by atoms with Crippen LogP contribution >= 0.6 is 0 Å². The molecule has 1 saturated heterocycles. The first-order chi connectivity index (χ1) is 16.8. The monoisotopic (exact) mass is 484 g/mol. The number of urea groups is 1. The van der Waals surface area contributed by atoms with E-state index in [0.29, 0.717) is 0 Å². The minimum atomic E-state index is -4.66. The van der Waals surface area contributed by atoms with E-state index in [9.17, 15) is 26.7 Å². The van der Waals surface area contributed by atoms with Crippen molar-refractivity contribution in [2.24, 2.45) is 5.73 Å². The van der Waals surface area contributed by atoms with Gasteiger partial charge in [0.15, 0.2) is 11.2 Å². The van der Waals surface area contributed by atoms with Gasteiger partial charge in [-0.25, -0.2) is 23.1 Å². The third-order valence-electron chi connectivity index (χ3n) is 4.87. The Labute approximate surface area is 191 Å². The third-order valence-corrected chi connectivity index (χ3v) is 4.87. The van der Waals surface area contributed by atoms with Crippen LogP contribution in [0.1, 0.15) is 42.7 Å². The van der Waals surface area contributed by atoms with Crippen molar-refractivity contribution >= 4 is 11.7 Å². The highest BCUT2D eigenvalue weighted by Gasteiger charge is 2.48. The molecule has 33 heavy (non-hydrogen) atoms. The van der Waals surface area contributed by atoms with Crippen LogP contribution in [-0.2, 0) is 9.47 Å². The maximum atomic E-state index is 14.7. The van der Waals surface area contributed by atoms with Crippen LogP contribution in [0.25, 0.3) is 5.65 Å². The van der Waals surface area contributed by atoms with Gasteiger partial charge in [0, 0.05) is 12.7 Å². The number of aromatic nitrogens is 3. The van der Waals surface area contributed by atoms with E-state index >= 15 is 0 Å². The Bertz CT molecular complexity index is 1160. The molecule has 3 heterocycles. The first-order valence-corrected chi connectivity index (χ1v) is 9.56. The van der Waals surface area contributed by atoms with Crippen LogP contribution in [-0.4, -0.2) is 76.5 Å². The minimum absolute atomic E-state index is 0.00631. The Balaban J connectivity index is 1.93. The third kappa shape index (κ3) is 5.50. The van der Waals surface area contributed by atoms with Gasteiger partial charge in [-0.15, -0.1) is 0 Å². The summed E-state index contributed by atoms with van der Waals surface area (Å²) in [5.74, 6) is -4.66. The average Bonchev–Trinajstić information content (AvgIpc) is 3.18. The molecule has 3 N–H and O–H groups in total. The molecule has 1 aliphatic heterocycles. The first kappa shape index (κ1) is 19.9. The number of hydrogen-bond acceptors (Lipinski definition) is 6. The minimum Gasteiger partial charge on any atom is -0.382 e. The molecule has 0 radical (unpaired) electrons. The van der Waals surface area contributed by atoms with E-state index in [1.54, 1.807) is 0 Å². The Kier molecular flexibility index (Phi) is 5.41. The summed E-state index contributed by atoms with van der Waals surface area (Å²) in [5.41, 5.74) is 3.63. The van der Waals surface area contributed by atoms with Crippen molar-refractivity contribution in [3.05, 3.63) is 29.7 Å². The fraction of sp³-hybridized carbons (Fsp3) is 0.632. The number of carbonyl (C=O) groups excluding carboxylic acids is 1. The number of carbonyl (C=O) groups is 1. The summed E-state index contributed by atoms with van der Waals surface area (Å²) in [5, 5.41) is 5.52. The van der Waals surface area contributed by atoms with Crippen molar-refractivity contribution in [3.63, 3.8) is 0 Å². The Hall–Kier alpha value is -2.58. The number of methoxy groups -OCH3 is 1. The highest BCUT2D eigenvalue weighted by molar-refractivity contribution is 5.76. The number of nitrogens with two attached hydrogens (primary N) is 1. The Morgan fingerprint density at radius 3 is 2.70 bits per heavy atom. The molecule has 2 atom stereocenters. The predicted molar refractivity (Wildman–Crippen MR) is 106 cm³/mol. The normalized spacial score (nSPS) is 23.8. The van der Waals surface area contributed by atoms with Gasteiger partial charge in [0.2, 0.25) is 0 Å². The van der Waals surface area contributed by atoms with Crippen molar-refractivity contribution in [2.75, 3.05) is 33.3 Å². The topological polar surface area (TPSA) is 107 Å². The molecule has 0 unspecified atom stereocenters. The van der Waals surface area contributed by atoms with E-state index in [1.165, 1.54) is 29.2 Å². The molecule has 184 valence electrons. The first-order valence-electron chi connectivity index (χ1n) is 11.6. The summed E-state index contributed by atoms with van der Waals surface area (Å²) in [6.45, 7) is -6.77. The zero-order valence-corrected chi connectivity index (χ0v) is 17.8. The van der Waals surface area contributed by atoms with Gasteiger partial charge in [0.05, 0.1) is 61.9 Å². The molecule has 1 aliphatic rings. The van der Waals surface area contributed by atoms with Crippen LogP contribution in [0.2, 0.25) is 0 Å². The molecule has 0 saturated carbocycles. The molecular weight excluding hydrogens is 455 g/mol. The average molecular weight is 484 g/mol. The van der Waals surface area contributed by atoms with E-state index in [-0.39, 0.29) is 21.8 Å². The number of imidazole rings is 1. The fourth-order valence-electron chi connectivity index (χ4n) is 2.86. The lowest BCUT2D eigenvalue weighted by atomic mass is 10.1. The van der Waals surface area contributed by atoms with Crippen molar-refractivity contribution in [3.8, 4) is 0 Å². The molecule has 1 fully saturated rings. The number of fused-ring (bicyclic) bond motifs is 1. The number of nitrogens with zero attached hydrogens (tertiary/aromatic N) is 4. The number of amides is 2. The second-order valence-electron chi connectivity index (χ2n) is 7.77.